The second-order valence-corrected chi connectivity index (χ2v) is 5.94. The number of carbonyl (C=O) groups excluding carboxylic acids is 1. The SMILES string of the molecule is C[CH]C(=O)OC(c1ccccc1)(c1ccccc1)c1ccccc1C. The van der Waals surface area contributed by atoms with Crippen molar-refractivity contribution >= 4 is 5.97 Å². The van der Waals surface area contributed by atoms with Gasteiger partial charge in [0.05, 0.1) is 6.42 Å². The average molecular weight is 329 g/mol. The zero-order valence-corrected chi connectivity index (χ0v) is 14.5. The summed E-state index contributed by atoms with van der Waals surface area (Å²) in [6.45, 7) is 3.74. The van der Waals surface area contributed by atoms with Crippen molar-refractivity contribution in [2.24, 2.45) is 0 Å². The van der Waals surface area contributed by atoms with E-state index in [1.54, 1.807) is 6.92 Å². The lowest BCUT2D eigenvalue weighted by atomic mass is 9.78. The third-order valence-corrected chi connectivity index (χ3v) is 4.37. The van der Waals surface area contributed by atoms with Crippen LogP contribution in [0.25, 0.3) is 0 Å². The first-order chi connectivity index (χ1) is 12.2. The molecule has 0 N–H and O–H groups in total. The van der Waals surface area contributed by atoms with Crippen molar-refractivity contribution in [3.8, 4) is 0 Å². The Hall–Kier alpha value is -2.87. The molecule has 0 saturated heterocycles. The molecule has 3 rings (SSSR count). The molecule has 0 unspecified atom stereocenters. The number of hydrogen-bond donors (Lipinski definition) is 0. The summed E-state index contributed by atoms with van der Waals surface area (Å²) in [5.41, 5.74) is 2.88. The molecule has 1 radical (unpaired) electrons. The minimum absolute atomic E-state index is 0.351. The van der Waals surface area contributed by atoms with E-state index in [9.17, 15) is 4.79 Å². The number of ether oxygens (including phenoxy) is 1. The highest BCUT2D eigenvalue weighted by molar-refractivity contribution is 5.80. The Morgan fingerprint density at radius 3 is 1.76 bits per heavy atom. The first-order valence-electron chi connectivity index (χ1n) is 8.38. The Kier molecular flexibility index (Phi) is 4.99. The van der Waals surface area contributed by atoms with Gasteiger partial charge in [-0.1, -0.05) is 91.9 Å². The van der Waals surface area contributed by atoms with Crippen LogP contribution >= 0.6 is 0 Å². The molecule has 0 saturated carbocycles. The van der Waals surface area contributed by atoms with Gasteiger partial charge in [-0.3, -0.25) is 4.79 Å². The van der Waals surface area contributed by atoms with Crippen LogP contribution < -0.4 is 0 Å². The molecule has 0 atom stereocenters. The molecule has 2 nitrogen and oxygen atoms in total. The van der Waals surface area contributed by atoms with Crippen LogP contribution in [0.4, 0.5) is 0 Å². The maximum atomic E-state index is 12.4. The number of aryl methyl sites for hydroxylation is 1. The Morgan fingerprint density at radius 2 is 1.28 bits per heavy atom. The molecule has 0 aliphatic heterocycles. The van der Waals surface area contributed by atoms with Gasteiger partial charge in [-0.25, -0.2) is 0 Å². The van der Waals surface area contributed by atoms with E-state index in [4.69, 9.17) is 4.74 Å². The first kappa shape index (κ1) is 17.0. The van der Waals surface area contributed by atoms with Crippen LogP contribution in [-0.2, 0) is 15.1 Å². The third-order valence-electron chi connectivity index (χ3n) is 4.37. The number of benzene rings is 3. The topological polar surface area (TPSA) is 26.3 Å². The molecule has 3 aromatic carbocycles. The summed E-state index contributed by atoms with van der Waals surface area (Å²) in [6, 6.07) is 27.8. The first-order valence-corrected chi connectivity index (χ1v) is 8.38. The summed E-state index contributed by atoms with van der Waals surface area (Å²) < 4.78 is 6.13. The highest BCUT2D eigenvalue weighted by Crippen LogP contribution is 2.42. The van der Waals surface area contributed by atoms with Gasteiger partial charge in [0.2, 0.25) is 0 Å². The Labute approximate surface area is 149 Å². The van der Waals surface area contributed by atoms with Crippen LogP contribution in [-0.4, -0.2) is 5.97 Å². The van der Waals surface area contributed by atoms with E-state index in [0.717, 1.165) is 22.3 Å². The highest BCUT2D eigenvalue weighted by atomic mass is 16.6. The van der Waals surface area contributed by atoms with Crippen molar-refractivity contribution in [2.75, 3.05) is 0 Å². The van der Waals surface area contributed by atoms with Crippen LogP contribution in [0.15, 0.2) is 84.9 Å². The Bertz CT molecular complexity index is 799. The predicted octanol–water partition coefficient (Wildman–Crippen LogP) is 5.05. The molecule has 0 fully saturated rings. The van der Waals surface area contributed by atoms with Gasteiger partial charge in [-0.15, -0.1) is 0 Å². The lowest BCUT2D eigenvalue weighted by Gasteiger charge is -2.36. The zero-order valence-electron chi connectivity index (χ0n) is 14.5. The standard InChI is InChI=1S/C23H21O2/c1-3-22(24)25-23(19-13-6-4-7-14-19,20-15-8-5-9-16-20)21-17-11-10-12-18(21)2/h3-17H,1-2H3. The molecular weight excluding hydrogens is 308 g/mol. The van der Waals surface area contributed by atoms with Crippen molar-refractivity contribution in [2.45, 2.75) is 19.4 Å². The molecule has 0 spiro atoms. The van der Waals surface area contributed by atoms with E-state index in [-0.39, 0.29) is 5.97 Å². The lowest BCUT2D eigenvalue weighted by molar-refractivity contribution is -0.149. The molecule has 0 bridgehead atoms. The van der Waals surface area contributed by atoms with Gasteiger partial charge < -0.3 is 4.74 Å². The molecule has 0 aliphatic carbocycles. The molecule has 3 aromatic rings. The normalized spacial score (nSPS) is 11.1. The van der Waals surface area contributed by atoms with E-state index in [2.05, 4.69) is 0 Å². The van der Waals surface area contributed by atoms with E-state index in [1.807, 2.05) is 91.9 Å². The van der Waals surface area contributed by atoms with Crippen molar-refractivity contribution in [1.29, 1.82) is 0 Å². The molecule has 0 aliphatic rings. The smallest absolute Gasteiger partial charge is 0.311 e. The Morgan fingerprint density at radius 1 is 0.800 bits per heavy atom. The lowest BCUT2D eigenvalue weighted by Crippen LogP contribution is -2.36. The average Bonchev–Trinajstić information content (AvgIpc) is 2.68. The van der Waals surface area contributed by atoms with Gasteiger partial charge in [0, 0.05) is 16.7 Å². The summed E-state index contributed by atoms with van der Waals surface area (Å²) in [5, 5.41) is 0. The van der Waals surface area contributed by atoms with Gasteiger partial charge in [0.1, 0.15) is 0 Å². The predicted molar refractivity (Wildman–Crippen MR) is 100 cm³/mol. The van der Waals surface area contributed by atoms with E-state index >= 15 is 0 Å². The van der Waals surface area contributed by atoms with Crippen molar-refractivity contribution in [3.05, 3.63) is 114 Å². The number of rotatable bonds is 5. The van der Waals surface area contributed by atoms with E-state index in [0.29, 0.717) is 0 Å². The fourth-order valence-corrected chi connectivity index (χ4v) is 3.17. The van der Waals surface area contributed by atoms with Crippen LogP contribution in [0.5, 0.6) is 0 Å². The third kappa shape index (κ3) is 3.20. The summed E-state index contributed by atoms with van der Waals surface area (Å²) in [7, 11) is 0. The maximum Gasteiger partial charge on any atom is 0.311 e. The second-order valence-electron chi connectivity index (χ2n) is 5.94. The van der Waals surface area contributed by atoms with Gasteiger partial charge in [0.25, 0.3) is 0 Å². The highest BCUT2D eigenvalue weighted by Gasteiger charge is 2.41. The molecule has 0 aromatic heterocycles. The number of carbonyl (C=O) groups is 1. The van der Waals surface area contributed by atoms with Gasteiger partial charge >= 0.3 is 5.97 Å². The quantitative estimate of drug-likeness (QED) is 0.483. The number of hydrogen-bond acceptors (Lipinski definition) is 2. The van der Waals surface area contributed by atoms with Gasteiger partial charge in [0.15, 0.2) is 5.60 Å². The monoisotopic (exact) mass is 329 g/mol. The minimum Gasteiger partial charge on any atom is -0.444 e. The van der Waals surface area contributed by atoms with E-state index in [1.165, 1.54) is 6.42 Å². The summed E-state index contributed by atoms with van der Waals surface area (Å²) in [4.78, 5) is 12.4. The number of esters is 1. The van der Waals surface area contributed by atoms with Crippen LogP contribution in [0.1, 0.15) is 29.2 Å². The van der Waals surface area contributed by atoms with Gasteiger partial charge in [-0.05, 0) is 12.5 Å². The Balaban J connectivity index is 2.35. The summed E-state index contributed by atoms with van der Waals surface area (Å²) >= 11 is 0. The molecular formula is C23H21O2. The van der Waals surface area contributed by atoms with Gasteiger partial charge in [-0.2, -0.15) is 0 Å². The maximum absolute atomic E-state index is 12.4. The molecule has 125 valence electrons. The minimum atomic E-state index is -0.989. The van der Waals surface area contributed by atoms with Crippen molar-refractivity contribution in [1.82, 2.24) is 0 Å². The van der Waals surface area contributed by atoms with Crippen LogP contribution in [0.3, 0.4) is 0 Å². The fraction of sp³-hybridized carbons (Fsp3) is 0.130. The van der Waals surface area contributed by atoms with E-state index < -0.39 is 5.60 Å². The molecule has 0 amide bonds. The second kappa shape index (κ2) is 7.35. The van der Waals surface area contributed by atoms with Crippen LogP contribution in [0.2, 0.25) is 0 Å². The molecule has 2 heteroatoms. The van der Waals surface area contributed by atoms with Crippen molar-refractivity contribution in [3.63, 3.8) is 0 Å². The van der Waals surface area contributed by atoms with Crippen molar-refractivity contribution < 1.29 is 9.53 Å². The summed E-state index contributed by atoms with van der Waals surface area (Å²) in [5.74, 6) is -0.351. The van der Waals surface area contributed by atoms with Crippen LogP contribution in [0, 0.1) is 13.3 Å². The fourth-order valence-electron chi connectivity index (χ4n) is 3.17. The molecule has 0 heterocycles. The summed E-state index contributed by atoms with van der Waals surface area (Å²) in [6.07, 6.45) is 1.46. The molecule has 25 heavy (non-hydrogen) atoms. The zero-order chi connectivity index (χ0) is 17.7. The largest absolute Gasteiger partial charge is 0.444 e.